The molecule has 1 aromatic heterocycles. The van der Waals surface area contributed by atoms with E-state index in [0.29, 0.717) is 17.8 Å². The maximum Gasteiger partial charge on any atom is 0.177 e. The molecular formula is C30H28N4O. The van der Waals surface area contributed by atoms with Crippen LogP contribution in [0.15, 0.2) is 55.0 Å². The van der Waals surface area contributed by atoms with Crippen LogP contribution < -0.4 is 0 Å². The Kier molecular flexibility index (Phi) is 4.35. The SMILES string of the molecule is N#CC1(C#N)C(c2cccnc2)C(C(=O)C23CC4CC(CC(C4)C2)C3)N2C=Cc3ccccc3C21. The summed E-state index contributed by atoms with van der Waals surface area (Å²) < 4.78 is 0. The Morgan fingerprint density at radius 3 is 2.29 bits per heavy atom. The van der Waals surface area contributed by atoms with Crippen molar-refractivity contribution in [1.82, 2.24) is 9.88 Å². The molecule has 3 atom stereocenters. The third-order valence-corrected chi connectivity index (χ3v) is 9.82. The van der Waals surface area contributed by atoms with Crippen molar-refractivity contribution in [3.63, 3.8) is 0 Å². The molecule has 3 heterocycles. The van der Waals surface area contributed by atoms with Gasteiger partial charge in [0.15, 0.2) is 11.2 Å². The van der Waals surface area contributed by atoms with Crippen LogP contribution in [0, 0.1) is 51.2 Å². The molecule has 2 aliphatic heterocycles. The Balaban J connectivity index is 1.43. The Morgan fingerprint density at radius 1 is 0.971 bits per heavy atom. The summed E-state index contributed by atoms with van der Waals surface area (Å²) >= 11 is 0. The van der Waals surface area contributed by atoms with E-state index in [1.807, 2.05) is 48.7 Å². The molecule has 4 bridgehead atoms. The zero-order valence-electron chi connectivity index (χ0n) is 19.7. The summed E-state index contributed by atoms with van der Waals surface area (Å²) in [7, 11) is 0. The molecule has 0 spiro atoms. The fourth-order valence-corrected chi connectivity index (χ4v) is 8.95. The van der Waals surface area contributed by atoms with Crippen molar-refractivity contribution in [2.24, 2.45) is 28.6 Å². The van der Waals surface area contributed by atoms with Crippen molar-refractivity contribution in [3.05, 3.63) is 71.7 Å². The number of carbonyl (C=O) groups excluding carboxylic acids is 1. The number of pyridine rings is 1. The van der Waals surface area contributed by atoms with Crippen molar-refractivity contribution < 1.29 is 4.79 Å². The van der Waals surface area contributed by atoms with Crippen molar-refractivity contribution in [1.29, 1.82) is 10.5 Å². The Labute approximate surface area is 206 Å². The maximum absolute atomic E-state index is 14.9. The highest BCUT2D eigenvalue weighted by Gasteiger charge is 2.67. The van der Waals surface area contributed by atoms with Crippen LogP contribution in [-0.2, 0) is 4.79 Å². The van der Waals surface area contributed by atoms with Gasteiger partial charge in [-0.05, 0) is 85.1 Å². The lowest BCUT2D eigenvalue weighted by atomic mass is 9.47. The van der Waals surface area contributed by atoms with E-state index in [1.54, 1.807) is 12.4 Å². The van der Waals surface area contributed by atoms with Gasteiger partial charge in [0, 0.05) is 29.9 Å². The van der Waals surface area contributed by atoms with Crippen LogP contribution in [0.5, 0.6) is 0 Å². The van der Waals surface area contributed by atoms with E-state index in [9.17, 15) is 15.3 Å². The number of benzene rings is 1. The molecule has 0 N–H and O–H groups in total. The molecule has 0 amide bonds. The molecule has 4 saturated carbocycles. The van der Waals surface area contributed by atoms with E-state index in [4.69, 9.17) is 0 Å². The van der Waals surface area contributed by atoms with E-state index in [2.05, 4.69) is 22.0 Å². The second kappa shape index (κ2) is 7.28. The number of nitrogens with zero attached hydrogens (tertiary/aromatic N) is 4. The number of hydrogen-bond acceptors (Lipinski definition) is 5. The van der Waals surface area contributed by atoms with Crippen molar-refractivity contribution >= 4 is 11.9 Å². The van der Waals surface area contributed by atoms with Crippen LogP contribution in [0.2, 0.25) is 0 Å². The van der Waals surface area contributed by atoms with E-state index < -0.39 is 23.4 Å². The lowest BCUT2D eigenvalue weighted by Crippen LogP contribution is -2.55. The summed E-state index contributed by atoms with van der Waals surface area (Å²) in [6.45, 7) is 0. The van der Waals surface area contributed by atoms with Crippen LogP contribution >= 0.6 is 0 Å². The third-order valence-electron chi connectivity index (χ3n) is 9.82. The van der Waals surface area contributed by atoms with Crippen LogP contribution in [0.25, 0.3) is 6.08 Å². The summed E-state index contributed by atoms with van der Waals surface area (Å²) in [6, 6.07) is 15.6. The predicted octanol–water partition coefficient (Wildman–Crippen LogP) is 5.39. The molecule has 35 heavy (non-hydrogen) atoms. The number of carbonyl (C=O) groups is 1. The summed E-state index contributed by atoms with van der Waals surface area (Å²) in [5.41, 5.74) is 1.05. The molecule has 1 saturated heterocycles. The lowest BCUT2D eigenvalue weighted by molar-refractivity contribution is -0.148. The smallest absolute Gasteiger partial charge is 0.177 e. The first-order valence-corrected chi connectivity index (χ1v) is 12.9. The quantitative estimate of drug-likeness (QED) is 0.613. The van der Waals surface area contributed by atoms with Gasteiger partial charge in [0.25, 0.3) is 0 Å². The number of fused-ring (bicyclic) bond motifs is 3. The summed E-state index contributed by atoms with van der Waals surface area (Å²) in [4.78, 5) is 21.3. The minimum atomic E-state index is -1.40. The van der Waals surface area contributed by atoms with Gasteiger partial charge in [-0.2, -0.15) is 10.5 Å². The molecule has 5 fully saturated rings. The van der Waals surface area contributed by atoms with Crippen LogP contribution in [0.4, 0.5) is 0 Å². The second-order valence-electron chi connectivity index (χ2n) is 11.7. The van der Waals surface area contributed by atoms with Gasteiger partial charge < -0.3 is 4.90 Å². The van der Waals surface area contributed by atoms with Crippen LogP contribution in [0.3, 0.4) is 0 Å². The highest BCUT2D eigenvalue weighted by atomic mass is 16.1. The minimum Gasteiger partial charge on any atom is -0.357 e. The first kappa shape index (κ1) is 20.9. The van der Waals surface area contributed by atoms with Gasteiger partial charge in [-0.1, -0.05) is 30.3 Å². The second-order valence-corrected chi connectivity index (χ2v) is 11.7. The number of aromatic nitrogens is 1. The molecule has 4 aliphatic carbocycles. The summed E-state index contributed by atoms with van der Waals surface area (Å²) in [5, 5.41) is 21.4. The molecule has 1 aromatic carbocycles. The Morgan fingerprint density at radius 2 is 1.66 bits per heavy atom. The van der Waals surface area contributed by atoms with E-state index in [1.165, 1.54) is 19.3 Å². The molecular weight excluding hydrogens is 432 g/mol. The molecule has 174 valence electrons. The Bertz CT molecular complexity index is 1270. The average molecular weight is 461 g/mol. The maximum atomic E-state index is 14.9. The van der Waals surface area contributed by atoms with Gasteiger partial charge in [0.1, 0.15) is 0 Å². The first-order valence-electron chi connectivity index (χ1n) is 12.9. The molecule has 6 aliphatic rings. The van der Waals surface area contributed by atoms with Crippen molar-refractivity contribution in [2.75, 3.05) is 0 Å². The van der Waals surface area contributed by atoms with Gasteiger partial charge >= 0.3 is 0 Å². The monoisotopic (exact) mass is 460 g/mol. The molecule has 8 rings (SSSR count). The zero-order chi connectivity index (χ0) is 23.8. The van der Waals surface area contributed by atoms with Crippen molar-refractivity contribution in [2.45, 2.75) is 56.5 Å². The standard InChI is InChI=1S/C30H28N4O/c31-17-30(18-32)25(23-5-3-8-33-16-23)26(34-9-7-22-4-1-2-6-24(22)27(30)34)28(35)29-13-19-10-20(14-29)12-21(11-19)15-29/h1-9,16,19-21,25-27H,10-15H2. The number of rotatable bonds is 3. The normalized spacial score (nSPS) is 37.3. The van der Waals surface area contributed by atoms with E-state index in [0.717, 1.165) is 36.0 Å². The molecule has 5 heteroatoms. The van der Waals surface area contributed by atoms with Crippen LogP contribution in [-0.4, -0.2) is 21.7 Å². The van der Waals surface area contributed by atoms with Crippen LogP contribution in [0.1, 0.15) is 67.2 Å². The lowest BCUT2D eigenvalue weighted by Gasteiger charge is -2.57. The fourth-order valence-electron chi connectivity index (χ4n) is 8.95. The van der Waals surface area contributed by atoms with Gasteiger partial charge in [-0.25, -0.2) is 0 Å². The molecule has 3 unspecified atom stereocenters. The Hall–Kier alpha value is -3.44. The van der Waals surface area contributed by atoms with E-state index in [-0.39, 0.29) is 11.2 Å². The fraction of sp³-hybridized carbons (Fsp3) is 0.467. The number of Topliss-reactive ketones (excluding diaryl/α,β-unsaturated/α-hetero) is 1. The van der Waals surface area contributed by atoms with Crippen molar-refractivity contribution in [3.8, 4) is 12.1 Å². The number of ketones is 1. The molecule has 5 nitrogen and oxygen atoms in total. The highest BCUT2D eigenvalue weighted by Crippen LogP contribution is 2.65. The van der Waals surface area contributed by atoms with Gasteiger partial charge in [0.05, 0.1) is 24.2 Å². The van der Waals surface area contributed by atoms with Gasteiger partial charge in [-0.3, -0.25) is 9.78 Å². The largest absolute Gasteiger partial charge is 0.357 e. The molecule has 0 radical (unpaired) electrons. The predicted molar refractivity (Wildman–Crippen MR) is 130 cm³/mol. The first-order chi connectivity index (χ1) is 17.1. The molecule has 2 aromatic rings. The summed E-state index contributed by atoms with van der Waals surface area (Å²) in [5.74, 6) is 1.63. The zero-order valence-corrected chi connectivity index (χ0v) is 19.7. The van der Waals surface area contributed by atoms with Gasteiger partial charge in [0.2, 0.25) is 0 Å². The topological polar surface area (TPSA) is 80.8 Å². The number of nitriles is 2. The minimum absolute atomic E-state index is 0.256. The highest BCUT2D eigenvalue weighted by molar-refractivity contribution is 5.92. The van der Waals surface area contributed by atoms with E-state index >= 15 is 0 Å². The third kappa shape index (κ3) is 2.73. The summed E-state index contributed by atoms with van der Waals surface area (Å²) in [6.07, 6.45) is 14.2. The van der Waals surface area contributed by atoms with Gasteiger partial charge in [-0.15, -0.1) is 0 Å². The average Bonchev–Trinajstić information content (AvgIpc) is 3.19. The number of hydrogen-bond donors (Lipinski definition) is 0.